The molecule has 9 rings (SSSR count). The van der Waals surface area contributed by atoms with E-state index in [2.05, 4.69) is 133 Å². The van der Waals surface area contributed by atoms with Crippen LogP contribution in [0.4, 0.5) is 0 Å². The molecule has 0 spiro atoms. The number of ether oxygens (including phenoxy) is 1. The normalized spacial score (nSPS) is 12.2. The van der Waals surface area contributed by atoms with Crippen LogP contribution >= 0.6 is 0 Å². The van der Waals surface area contributed by atoms with E-state index >= 15 is 0 Å². The molecule has 0 atom stereocenters. The second-order valence-corrected chi connectivity index (χ2v) is 11.2. The summed E-state index contributed by atoms with van der Waals surface area (Å²) in [6.45, 7) is 0. The molecule has 0 N–H and O–H groups in total. The number of benzene rings is 8. The number of hydrogen-bond acceptors (Lipinski definition) is 1. The zero-order chi connectivity index (χ0) is 29.2. The molecular formula is C42H26O. The van der Waals surface area contributed by atoms with Crippen molar-refractivity contribution in [2.24, 2.45) is 0 Å². The second-order valence-electron chi connectivity index (χ2n) is 11.2. The molecule has 8 aromatic rings. The maximum atomic E-state index is 8.68. The van der Waals surface area contributed by atoms with Crippen LogP contribution in [0, 0.1) is 0 Å². The lowest BCUT2D eigenvalue weighted by Gasteiger charge is -2.23. The molecule has 1 heterocycles. The summed E-state index contributed by atoms with van der Waals surface area (Å²) in [5, 5.41) is 6.90. The molecule has 1 heteroatoms. The van der Waals surface area contributed by atoms with Crippen LogP contribution in [-0.4, -0.2) is 0 Å². The largest absolute Gasteiger partial charge is 0.456 e. The maximum absolute atomic E-state index is 8.68. The van der Waals surface area contributed by atoms with Gasteiger partial charge in [-0.15, -0.1) is 0 Å². The van der Waals surface area contributed by atoms with Gasteiger partial charge >= 0.3 is 0 Å². The van der Waals surface area contributed by atoms with Crippen molar-refractivity contribution < 1.29 is 6.11 Å². The monoisotopic (exact) mass is 547 g/mol. The topological polar surface area (TPSA) is 9.23 Å². The Morgan fingerprint density at radius 2 is 1.05 bits per heavy atom. The molecule has 200 valence electrons. The van der Waals surface area contributed by atoms with Gasteiger partial charge in [-0.05, 0) is 84.1 Å². The van der Waals surface area contributed by atoms with Crippen LogP contribution in [0.25, 0.3) is 76.8 Å². The number of fused-ring (bicyclic) bond motifs is 4. The Balaban J connectivity index is 1.36. The van der Waals surface area contributed by atoms with Crippen molar-refractivity contribution in [1.29, 1.82) is 0 Å². The molecule has 1 nitrogen and oxygen atoms in total. The van der Waals surface area contributed by atoms with Crippen LogP contribution in [0.5, 0.6) is 11.5 Å². The van der Waals surface area contributed by atoms with Crippen LogP contribution in [0.2, 0.25) is 0 Å². The van der Waals surface area contributed by atoms with E-state index < -0.39 is 0 Å². The molecule has 8 aromatic carbocycles. The van der Waals surface area contributed by atoms with Gasteiger partial charge in [0.1, 0.15) is 11.5 Å². The fraction of sp³-hybridized carbons (Fsp3) is 0. The standard InChI is InChI=1S/C42H26O/c1-2-12-27(13-3-1)30-16-4-5-17-31(30)42-34-20-8-6-18-32(34)40(33-19-7-9-21-35(33)42)29-24-25-38-37(26-29)36-22-10-14-28-15-11-23-39(43-38)41(28)36/h1-26H/i8D. The minimum absolute atomic E-state index is 0.499. The maximum Gasteiger partial charge on any atom is 0.135 e. The van der Waals surface area contributed by atoms with E-state index in [0.29, 0.717) is 6.04 Å². The van der Waals surface area contributed by atoms with Gasteiger partial charge in [0.15, 0.2) is 0 Å². The van der Waals surface area contributed by atoms with E-state index in [1.165, 1.54) is 44.0 Å². The first-order chi connectivity index (χ1) is 21.7. The van der Waals surface area contributed by atoms with Crippen molar-refractivity contribution in [3.8, 4) is 56.0 Å². The highest BCUT2D eigenvalue weighted by molar-refractivity contribution is 6.22. The van der Waals surface area contributed by atoms with Gasteiger partial charge in [-0.2, -0.15) is 0 Å². The SMILES string of the molecule is [2H]c1ccc2c(-c3ccc4c(c3)-c3cccc5cccc(c35)O4)c3ccccc3c(-c3ccccc3-c3ccccc3)c2c1. The number of hydrogen-bond donors (Lipinski definition) is 0. The summed E-state index contributed by atoms with van der Waals surface area (Å²) in [4.78, 5) is 0. The smallest absolute Gasteiger partial charge is 0.135 e. The third kappa shape index (κ3) is 3.65. The molecule has 0 amide bonds. The Labute approximate surface area is 251 Å². The molecule has 0 unspecified atom stereocenters. The van der Waals surface area contributed by atoms with Crippen molar-refractivity contribution in [2.75, 3.05) is 0 Å². The third-order valence-electron chi connectivity index (χ3n) is 8.79. The first-order valence-electron chi connectivity index (χ1n) is 15.2. The quantitative estimate of drug-likeness (QED) is 0.200. The van der Waals surface area contributed by atoms with E-state index in [4.69, 9.17) is 6.11 Å². The first kappa shape index (κ1) is 23.0. The summed E-state index contributed by atoms with van der Waals surface area (Å²) in [6.07, 6.45) is 0. The predicted molar refractivity (Wildman–Crippen MR) is 181 cm³/mol. The first-order valence-corrected chi connectivity index (χ1v) is 14.7. The lowest BCUT2D eigenvalue weighted by atomic mass is 9.83. The summed E-state index contributed by atoms with van der Waals surface area (Å²) in [7, 11) is 0. The summed E-state index contributed by atoms with van der Waals surface area (Å²) < 4.78 is 15.1. The van der Waals surface area contributed by atoms with E-state index in [0.717, 1.165) is 44.3 Å². The molecule has 0 aromatic heterocycles. The average molecular weight is 548 g/mol. The fourth-order valence-electron chi connectivity index (χ4n) is 6.96. The van der Waals surface area contributed by atoms with Crippen molar-refractivity contribution in [2.45, 2.75) is 0 Å². The highest BCUT2D eigenvalue weighted by Gasteiger charge is 2.23. The summed E-state index contributed by atoms with van der Waals surface area (Å²) >= 11 is 0. The molecule has 1 aliphatic rings. The summed E-state index contributed by atoms with van der Waals surface area (Å²) in [5.74, 6) is 1.77. The third-order valence-corrected chi connectivity index (χ3v) is 8.79. The zero-order valence-corrected chi connectivity index (χ0v) is 23.3. The lowest BCUT2D eigenvalue weighted by molar-refractivity contribution is 0.487. The lowest BCUT2D eigenvalue weighted by Crippen LogP contribution is -1.98. The van der Waals surface area contributed by atoms with Crippen LogP contribution < -0.4 is 4.74 Å². The van der Waals surface area contributed by atoms with Crippen molar-refractivity contribution in [3.63, 3.8) is 0 Å². The van der Waals surface area contributed by atoms with Crippen LogP contribution in [0.15, 0.2) is 158 Å². The van der Waals surface area contributed by atoms with E-state index in [1.54, 1.807) is 0 Å². The van der Waals surface area contributed by atoms with Crippen LogP contribution in [0.3, 0.4) is 0 Å². The molecule has 0 bridgehead atoms. The molecule has 0 radical (unpaired) electrons. The van der Waals surface area contributed by atoms with Gasteiger partial charge in [0, 0.05) is 10.9 Å². The van der Waals surface area contributed by atoms with Gasteiger partial charge in [0.2, 0.25) is 0 Å². The van der Waals surface area contributed by atoms with Gasteiger partial charge in [-0.25, -0.2) is 0 Å². The highest BCUT2D eigenvalue weighted by atomic mass is 16.5. The Bertz CT molecular complexity index is 2420. The Morgan fingerprint density at radius 3 is 1.88 bits per heavy atom. The van der Waals surface area contributed by atoms with Gasteiger partial charge in [-0.3, -0.25) is 0 Å². The predicted octanol–water partition coefficient (Wildman–Crippen LogP) is 11.9. The summed E-state index contributed by atoms with van der Waals surface area (Å²) in [6, 6.07) is 53.8. The Kier molecular flexibility index (Phi) is 5.04. The number of rotatable bonds is 3. The minimum atomic E-state index is 0.499. The molecule has 0 saturated heterocycles. The summed E-state index contributed by atoms with van der Waals surface area (Å²) in [5.41, 5.74) is 9.27. The average Bonchev–Trinajstić information content (AvgIpc) is 3.08. The van der Waals surface area contributed by atoms with Crippen molar-refractivity contribution in [3.05, 3.63) is 158 Å². The van der Waals surface area contributed by atoms with Gasteiger partial charge in [0.25, 0.3) is 0 Å². The van der Waals surface area contributed by atoms with Crippen molar-refractivity contribution in [1.82, 2.24) is 0 Å². The molecule has 0 fully saturated rings. The molecule has 43 heavy (non-hydrogen) atoms. The van der Waals surface area contributed by atoms with E-state index in [-0.39, 0.29) is 0 Å². The van der Waals surface area contributed by atoms with Gasteiger partial charge in [0.05, 0.1) is 1.37 Å². The molecule has 1 aliphatic heterocycles. The van der Waals surface area contributed by atoms with E-state index in [9.17, 15) is 0 Å². The van der Waals surface area contributed by atoms with Crippen LogP contribution in [0.1, 0.15) is 1.37 Å². The molecular weight excluding hydrogens is 520 g/mol. The minimum Gasteiger partial charge on any atom is -0.456 e. The highest BCUT2D eigenvalue weighted by Crippen LogP contribution is 2.50. The van der Waals surface area contributed by atoms with Crippen LogP contribution in [-0.2, 0) is 0 Å². The fourth-order valence-corrected chi connectivity index (χ4v) is 6.96. The molecule has 0 saturated carbocycles. The van der Waals surface area contributed by atoms with Crippen molar-refractivity contribution >= 4 is 32.3 Å². The van der Waals surface area contributed by atoms with Gasteiger partial charge in [-0.1, -0.05) is 140 Å². The van der Waals surface area contributed by atoms with Gasteiger partial charge < -0.3 is 4.74 Å². The van der Waals surface area contributed by atoms with E-state index in [1.807, 2.05) is 18.2 Å². The Hall–Kier alpha value is -5.66. The second kappa shape index (κ2) is 9.44. The molecule has 0 aliphatic carbocycles. The Morgan fingerprint density at radius 1 is 0.395 bits per heavy atom. The zero-order valence-electron chi connectivity index (χ0n) is 24.3.